The molecule has 1 radical (unpaired) electrons. The smallest absolute Gasteiger partial charge is 0.236 e. The molecule has 0 aliphatic carbocycles. The maximum absolute atomic E-state index is 11.4. The molecule has 73 valence electrons. The first-order valence-corrected chi connectivity index (χ1v) is 5.97. The lowest BCUT2D eigenvalue weighted by Gasteiger charge is -2.00. The fourth-order valence-corrected chi connectivity index (χ4v) is 2.33. The normalized spacial score (nSPS) is 12.1. The average molecular weight is 208 g/mol. The molecular formula is C10H10NO2S. The van der Waals surface area contributed by atoms with Crippen molar-refractivity contribution in [1.29, 1.82) is 0 Å². The van der Waals surface area contributed by atoms with Crippen LogP contribution in [0.5, 0.6) is 0 Å². The third kappa shape index (κ3) is 1.32. The zero-order chi connectivity index (χ0) is 10.3. The highest BCUT2D eigenvalue weighted by Crippen LogP contribution is 2.21. The van der Waals surface area contributed by atoms with E-state index in [1.165, 1.54) is 10.2 Å². The van der Waals surface area contributed by atoms with E-state index in [4.69, 9.17) is 0 Å². The number of rotatable bonds is 1. The predicted molar refractivity (Wildman–Crippen MR) is 56.6 cm³/mol. The molecule has 0 aliphatic rings. The van der Waals surface area contributed by atoms with Crippen LogP contribution in [0.1, 0.15) is 5.56 Å². The Balaban J connectivity index is 2.93. The van der Waals surface area contributed by atoms with E-state index in [2.05, 4.69) is 6.92 Å². The molecule has 0 N–H and O–H groups in total. The Morgan fingerprint density at radius 3 is 2.57 bits per heavy atom. The summed E-state index contributed by atoms with van der Waals surface area (Å²) in [5, 5.41) is 0.873. The summed E-state index contributed by atoms with van der Waals surface area (Å²) >= 11 is 0. The minimum Gasteiger partial charge on any atom is -0.245 e. The summed E-state index contributed by atoms with van der Waals surface area (Å²) in [5.41, 5.74) is 1.41. The first kappa shape index (κ1) is 9.27. The van der Waals surface area contributed by atoms with Gasteiger partial charge >= 0.3 is 0 Å². The van der Waals surface area contributed by atoms with E-state index in [0.717, 1.165) is 10.9 Å². The van der Waals surface area contributed by atoms with Crippen LogP contribution in [0.15, 0.2) is 30.5 Å². The minimum atomic E-state index is -3.23. The summed E-state index contributed by atoms with van der Waals surface area (Å²) in [6.45, 7) is 3.80. The highest BCUT2D eigenvalue weighted by atomic mass is 32.2. The molecule has 0 fully saturated rings. The minimum absolute atomic E-state index is 0.681. The Morgan fingerprint density at radius 1 is 1.29 bits per heavy atom. The SMILES string of the molecule is [CH2]c1cn(S(C)(=O)=O)c2ccccc12. The van der Waals surface area contributed by atoms with E-state index >= 15 is 0 Å². The molecule has 0 atom stereocenters. The van der Waals surface area contributed by atoms with Gasteiger partial charge in [0.15, 0.2) is 0 Å². The van der Waals surface area contributed by atoms with E-state index in [1.54, 1.807) is 12.3 Å². The van der Waals surface area contributed by atoms with Crippen LogP contribution in [0, 0.1) is 6.92 Å². The molecule has 1 heterocycles. The lowest BCUT2D eigenvalue weighted by Crippen LogP contribution is -2.07. The van der Waals surface area contributed by atoms with E-state index in [0.29, 0.717) is 5.52 Å². The van der Waals surface area contributed by atoms with Gasteiger partial charge < -0.3 is 0 Å². The highest BCUT2D eigenvalue weighted by Gasteiger charge is 2.11. The van der Waals surface area contributed by atoms with E-state index in [-0.39, 0.29) is 0 Å². The third-order valence-corrected chi connectivity index (χ3v) is 3.13. The number of nitrogens with zero attached hydrogens (tertiary/aromatic N) is 1. The van der Waals surface area contributed by atoms with Gasteiger partial charge in [-0.05, 0) is 18.6 Å². The highest BCUT2D eigenvalue weighted by molar-refractivity contribution is 7.89. The number of hydrogen-bond acceptors (Lipinski definition) is 2. The van der Waals surface area contributed by atoms with Crippen molar-refractivity contribution in [3.8, 4) is 0 Å². The molecule has 0 amide bonds. The molecule has 0 saturated carbocycles. The van der Waals surface area contributed by atoms with E-state index in [1.807, 2.05) is 18.2 Å². The van der Waals surface area contributed by atoms with Crippen molar-refractivity contribution in [2.75, 3.05) is 6.26 Å². The zero-order valence-corrected chi connectivity index (χ0v) is 8.58. The zero-order valence-electron chi connectivity index (χ0n) is 7.77. The molecule has 0 bridgehead atoms. The number of para-hydroxylation sites is 1. The Morgan fingerprint density at radius 2 is 1.93 bits per heavy atom. The Labute approximate surface area is 83.0 Å². The lowest BCUT2D eigenvalue weighted by molar-refractivity contribution is 0.595. The lowest BCUT2D eigenvalue weighted by atomic mass is 10.2. The van der Waals surface area contributed by atoms with E-state index < -0.39 is 10.0 Å². The second kappa shape index (κ2) is 2.85. The maximum Gasteiger partial charge on any atom is 0.236 e. The van der Waals surface area contributed by atoms with Gasteiger partial charge in [0.1, 0.15) is 0 Å². The van der Waals surface area contributed by atoms with Gasteiger partial charge in [0.25, 0.3) is 0 Å². The molecule has 3 nitrogen and oxygen atoms in total. The second-order valence-electron chi connectivity index (χ2n) is 3.23. The molecule has 0 aliphatic heterocycles. The number of fused-ring (bicyclic) bond motifs is 1. The van der Waals surface area contributed by atoms with Crippen LogP contribution in [0.2, 0.25) is 0 Å². The van der Waals surface area contributed by atoms with Gasteiger partial charge in [-0.3, -0.25) is 0 Å². The van der Waals surface area contributed by atoms with Crippen LogP contribution in [-0.4, -0.2) is 18.6 Å². The fraction of sp³-hybridized carbons (Fsp3) is 0.100. The molecule has 0 saturated heterocycles. The molecule has 1 aromatic carbocycles. The van der Waals surface area contributed by atoms with Crippen molar-refractivity contribution in [1.82, 2.24) is 3.97 Å². The monoisotopic (exact) mass is 208 g/mol. The fourth-order valence-electron chi connectivity index (χ4n) is 1.49. The van der Waals surface area contributed by atoms with Crippen molar-refractivity contribution in [3.63, 3.8) is 0 Å². The van der Waals surface area contributed by atoms with Crippen LogP contribution in [0.4, 0.5) is 0 Å². The van der Waals surface area contributed by atoms with Crippen molar-refractivity contribution in [3.05, 3.63) is 42.9 Å². The van der Waals surface area contributed by atoms with Crippen LogP contribution in [0.25, 0.3) is 10.9 Å². The molecule has 2 rings (SSSR count). The number of benzene rings is 1. The van der Waals surface area contributed by atoms with Crippen LogP contribution >= 0.6 is 0 Å². The summed E-state index contributed by atoms with van der Waals surface area (Å²) < 4.78 is 24.0. The first-order valence-electron chi connectivity index (χ1n) is 4.13. The van der Waals surface area contributed by atoms with Gasteiger partial charge in [-0.15, -0.1) is 0 Å². The van der Waals surface area contributed by atoms with Crippen molar-refractivity contribution in [2.45, 2.75) is 0 Å². The van der Waals surface area contributed by atoms with Gasteiger partial charge in [-0.2, -0.15) is 0 Å². The third-order valence-electron chi connectivity index (χ3n) is 2.12. The van der Waals surface area contributed by atoms with Gasteiger partial charge in [0, 0.05) is 11.6 Å². The van der Waals surface area contributed by atoms with Crippen LogP contribution in [-0.2, 0) is 10.0 Å². The number of hydrogen-bond donors (Lipinski definition) is 0. The molecule has 14 heavy (non-hydrogen) atoms. The van der Waals surface area contributed by atoms with E-state index in [9.17, 15) is 8.42 Å². The molecular weight excluding hydrogens is 198 g/mol. The van der Waals surface area contributed by atoms with Gasteiger partial charge in [0.2, 0.25) is 10.0 Å². The van der Waals surface area contributed by atoms with Crippen molar-refractivity contribution in [2.24, 2.45) is 0 Å². The van der Waals surface area contributed by atoms with Crippen molar-refractivity contribution >= 4 is 20.9 Å². The van der Waals surface area contributed by atoms with Crippen LogP contribution < -0.4 is 0 Å². The maximum atomic E-state index is 11.4. The summed E-state index contributed by atoms with van der Waals surface area (Å²) in [6, 6.07) is 7.30. The van der Waals surface area contributed by atoms with Gasteiger partial charge in [-0.25, -0.2) is 12.4 Å². The topological polar surface area (TPSA) is 39.1 Å². The standard InChI is InChI=1S/C10H10NO2S/c1-8-7-11(14(2,12)13)10-6-4-3-5-9(8)10/h3-7H,1H2,2H3. The Bertz CT molecular complexity index is 581. The quantitative estimate of drug-likeness (QED) is 0.714. The summed E-state index contributed by atoms with van der Waals surface area (Å²) in [4.78, 5) is 0. The summed E-state index contributed by atoms with van der Waals surface area (Å²) in [5.74, 6) is 0. The second-order valence-corrected chi connectivity index (χ2v) is 5.09. The van der Waals surface area contributed by atoms with Crippen molar-refractivity contribution < 1.29 is 8.42 Å². The molecule has 2 aromatic rings. The number of aromatic nitrogens is 1. The molecule has 1 aromatic heterocycles. The summed E-state index contributed by atoms with van der Waals surface area (Å²) in [6.07, 6.45) is 2.72. The van der Waals surface area contributed by atoms with Gasteiger partial charge in [-0.1, -0.05) is 18.2 Å². The molecule has 0 spiro atoms. The molecule has 0 unspecified atom stereocenters. The Kier molecular flexibility index (Phi) is 1.89. The van der Waals surface area contributed by atoms with Gasteiger partial charge in [0.05, 0.1) is 11.8 Å². The predicted octanol–water partition coefficient (Wildman–Crippen LogP) is 1.63. The summed E-state index contributed by atoms with van der Waals surface area (Å²) in [7, 11) is -3.23. The largest absolute Gasteiger partial charge is 0.245 e. The molecule has 4 heteroatoms. The van der Waals surface area contributed by atoms with Crippen LogP contribution in [0.3, 0.4) is 0 Å². The first-order chi connectivity index (χ1) is 6.50. The Hall–Kier alpha value is -1.29. The average Bonchev–Trinajstić information content (AvgIpc) is 2.44.